The second kappa shape index (κ2) is 3.94. The third-order valence-electron chi connectivity index (χ3n) is 2.42. The summed E-state index contributed by atoms with van der Waals surface area (Å²) in [5.74, 6) is -1.16. The molecule has 0 aliphatic heterocycles. The van der Waals surface area contributed by atoms with Gasteiger partial charge in [-0.2, -0.15) is 13.2 Å². The van der Waals surface area contributed by atoms with Crippen molar-refractivity contribution >= 4 is 5.91 Å². The maximum atomic E-state index is 12.4. The summed E-state index contributed by atoms with van der Waals surface area (Å²) in [5.41, 5.74) is -1.21. The van der Waals surface area contributed by atoms with E-state index in [1.54, 1.807) is 0 Å². The Hall–Kier alpha value is -1.72. The van der Waals surface area contributed by atoms with Gasteiger partial charge in [-0.1, -0.05) is 0 Å². The highest BCUT2D eigenvalue weighted by atomic mass is 19.4. The van der Waals surface area contributed by atoms with Gasteiger partial charge in [0.15, 0.2) is 0 Å². The number of carbonyl (C=O) groups excluding carboxylic acids is 1. The minimum absolute atomic E-state index is 0.0548. The molecule has 0 spiro atoms. The van der Waals surface area contributed by atoms with Crippen molar-refractivity contribution < 1.29 is 23.1 Å². The standard InChI is InChI=1S/C11H10F3NO2/c12-11(13,14)7-3-6(4-9(16)5-7)10(17)15-8-1-2-8/h3-5,8,16H,1-2H2,(H,15,17). The SMILES string of the molecule is O=C(NC1CC1)c1cc(O)cc(C(F)(F)F)c1. The highest BCUT2D eigenvalue weighted by Crippen LogP contribution is 2.32. The van der Waals surface area contributed by atoms with Crippen LogP contribution in [0.3, 0.4) is 0 Å². The summed E-state index contributed by atoms with van der Waals surface area (Å²) in [4.78, 5) is 11.5. The molecule has 1 aromatic carbocycles. The smallest absolute Gasteiger partial charge is 0.416 e. The molecule has 1 aromatic rings. The molecule has 2 rings (SSSR count). The van der Waals surface area contributed by atoms with Crippen molar-refractivity contribution in [3.63, 3.8) is 0 Å². The van der Waals surface area contributed by atoms with Crippen LogP contribution in [0, 0.1) is 0 Å². The number of halogens is 3. The highest BCUT2D eigenvalue weighted by molar-refractivity contribution is 5.95. The number of phenols is 1. The average molecular weight is 245 g/mol. The molecule has 92 valence electrons. The molecule has 0 saturated heterocycles. The van der Waals surface area contributed by atoms with Crippen molar-refractivity contribution in [3.05, 3.63) is 29.3 Å². The Morgan fingerprint density at radius 1 is 1.29 bits per heavy atom. The molecule has 6 heteroatoms. The van der Waals surface area contributed by atoms with Gasteiger partial charge in [-0.15, -0.1) is 0 Å². The van der Waals surface area contributed by atoms with Gasteiger partial charge in [-0.3, -0.25) is 4.79 Å². The topological polar surface area (TPSA) is 49.3 Å². The van der Waals surface area contributed by atoms with Crippen molar-refractivity contribution in [2.24, 2.45) is 0 Å². The summed E-state index contributed by atoms with van der Waals surface area (Å²) >= 11 is 0. The molecule has 0 aromatic heterocycles. The van der Waals surface area contributed by atoms with Crippen LogP contribution in [0.25, 0.3) is 0 Å². The van der Waals surface area contributed by atoms with Gasteiger partial charge in [0.05, 0.1) is 5.56 Å². The summed E-state index contributed by atoms with van der Waals surface area (Å²) in [6.07, 6.45) is -2.89. The molecule has 1 saturated carbocycles. The van der Waals surface area contributed by atoms with E-state index in [1.807, 2.05) is 0 Å². The lowest BCUT2D eigenvalue weighted by Gasteiger charge is -2.10. The van der Waals surface area contributed by atoms with Gasteiger partial charge in [0.1, 0.15) is 5.75 Å². The lowest BCUT2D eigenvalue weighted by Crippen LogP contribution is -2.25. The van der Waals surface area contributed by atoms with Crippen molar-refractivity contribution in [1.82, 2.24) is 5.32 Å². The quantitative estimate of drug-likeness (QED) is 0.839. The van der Waals surface area contributed by atoms with E-state index in [-0.39, 0.29) is 11.6 Å². The van der Waals surface area contributed by atoms with E-state index in [4.69, 9.17) is 0 Å². The molecule has 1 aliphatic carbocycles. The number of alkyl halides is 3. The molecule has 0 radical (unpaired) electrons. The monoisotopic (exact) mass is 245 g/mol. The number of hydrogen-bond acceptors (Lipinski definition) is 2. The van der Waals surface area contributed by atoms with Gasteiger partial charge in [-0.25, -0.2) is 0 Å². The van der Waals surface area contributed by atoms with Gasteiger partial charge < -0.3 is 10.4 Å². The van der Waals surface area contributed by atoms with Gasteiger partial charge >= 0.3 is 6.18 Å². The Bertz CT molecular complexity index is 453. The predicted octanol–water partition coefficient (Wildman–Crippen LogP) is 2.30. The van der Waals surface area contributed by atoms with Crippen LogP contribution in [-0.2, 0) is 6.18 Å². The summed E-state index contributed by atoms with van der Waals surface area (Å²) in [6.45, 7) is 0. The number of phenolic OH excluding ortho intramolecular Hbond substituents is 1. The number of nitrogens with one attached hydrogen (secondary N) is 1. The molecule has 0 bridgehead atoms. The predicted molar refractivity (Wildman–Crippen MR) is 53.6 cm³/mol. The fourth-order valence-corrected chi connectivity index (χ4v) is 1.40. The Balaban J connectivity index is 2.27. The largest absolute Gasteiger partial charge is 0.508 e. The zero-order valence-corrected chi connectivity index (χ0v) is 8.71. The van der Waals surface area contributed by atoms with Crippen molar-refractivity contribution in [1.29, 1.82) is 0 Å². The van der Waals surface area contributed by atoms with Crippen LogP contribution in [0.1, 0.15) is 28.8 Å². The number of rotatable bonds is 2. The zero-order chi connectivity index (χ0) is 12.6. The van der Waals surface area contributed by atoms with E-state index >= 15 is 0 Å². The average Bonchev–Trinajstić information content (AvgIpc) is 2.99. The van der Waals surface area contributed by atoms with Crippen molar-refractivity contribution in [2.75, 3.05) is 0 Å². The Kier molecular flexibility index (Phi) is 2.73. The third-order valence-corrected chi connectivity index (χ3v) is 2.42. The first-order chi connectivity index (χ1) is 7.86. The van der Waals surface area contributed by atoms with Crippen LogP contribution < -0.4 is 5.32 Å². The van der Waals surface area contributed by atoms with Crippen molar-refractivity contribution in [3.8, 4) is 5.75 Å². The van der Waals surface area contributed by atoms with Gasteiger partial charge in [0, 0.05) is 11.6 Å². The minimum Gasteiger partial charge on any atom is -0.508 e. The van der Waals surface area contributed by atoms with Crippen LogP contribution in [0.5, 0.6) is 5.75 Å². The van der Waals surface area contributed by atoms with Crippen LogP contribution in [0.4, 0.5) is 13.2 Å². The van der Waals surface area contributed by atoms with Gasteiger partial charge in [-0.05, 0) is 31.0 Å². The molecule has 17 heavy (non-hydrogen) atoms. The normalized spacial score (nSPS) is 15.7. The fraction of sp³-hybridized carbons (Fsp3) is 0.364. The molecule has 1 fully saturated rings. The van der Waals surface area contributed by atoms with E-state index in [0.29, 0.717) is 6.07 Å². The molecular weight excluding hydrogens is 235 g/mol. The molecule has 1 aliphatic rings. The van der Waals surface area contributed by atoms with Crippen LogP contribution >= 0.6 is 0 Å². The maximum Gasteiger partial charge on any atom is 0.416 e. The van der Waals surface area contributed by atoms with Gasteiger partial charge in [0.2, 0.25) is 0 Å². The maximum absolute atomic E-state index is 12.4. The van der Waals surface area contributed by atoms with Crippen LogP contribution in [0.2, 0.25) is 0 Å². The summed E-state index contributed by atoms with van der Waals surface area (Å²) < 4.78 is 37.3. The zero-order valence-electron chi connectivity index (χ0n) is 8.71. The van der Waals surface area contributed by atoms with E-state index in [9.17, 15) is 23.1 Å². The fourth-order valence-electron chi connectivity index (χ4n) is 1.40. The summed E-state index contributed by atoms with van der Waals surface area (Å²) in [6, 6.07) is 2.40. The third kappa shape index (κ3) is 2.89. The number of amides is 1. The second-order valence-corrected chi connectivity index (χ2v) is 4.01. The Morgan fingerprint density at radius 2 is 1.94 bits per heavy atom. The number of carbonyl (C=O) groups is 1. The first-order valence-corrected chi connectivity index (χ1v) is 5.08. The Labute approximate surface area is 95.3 Å². The lowest BCUT2D eigenvalue weighted by molar-refractivity contribution is -0.137. The highest BCUT2D eigenvalue weighted by Gasteiger charge is 2.32. The van der Waals surface area contributed by atoms with Gasteiger partial charge in [0.25, 0.3) is 5.91 Å². The number of aromatic hydroxyl groups is 1. The molecule has 3 nitrogen and oxygen atoms in total. The first kappa shape index (κ1) is 11.8. The second-order valence-electron chi connectivity index (χ2n) is 4.01. The van der Waals surface area contributed by atoms with Crippen molar-refractivity contribution in [2.45, 2.75) is 25.1 Å². The summed E-state index contributed by atoms with van der Waals surface area (Å²) in [5, 5.41) is 11.7. The lowest BCUT2D eigenvalue weighted by atomic mass is 10.1. The molecule has 0 atom stereocenters. The summed E-state index contributed by atoms with van der Waals surface area (Å²) in [7, 11) is 0. The number of hydrogen-bond donors (Lipinski definition) is 2. The van der Waals surface area contributed by atoms with E-state index in [2.05, 4.69) is 5.32 Å². The van der Waals surface area contributed by atoms with Crippen LogP contribution in [0.15, 0.2) is 18.2 Å². The molecule has 1 amide bonds. The van der Waals surface area contributed by atoms with Crippen LogP contribution in [-0.4, -0.2) is 17.1 Å². The molecule has 0 unspecified atom stereocenters. The van der Waals surface area contributed by atoms with E-state index < -0.39 is 23.4 Å². The molecule has 2 N–H and O–H groups in total. The number of benzene rings is 1. The molecular formula is C11H10F3NO2. The Morgan fingerprint density at radius 3 is 2.47 bits per heavy atom. The first-order valence-electron chi connectivity index (χ1n) is 5.08. The minimum atomic E-state index is -4.58. The van der Waals surface area contributed by atoms with E-state index in [1.165, 1.54) is 0 Å². The van der Waals surface area contributed by atoms with E-state index in [0.717, 1.165) is 25.0 Å². The molecule has 0 heterocycles.